The molecule has 0 bridgehead atoms. The van der Waals surface area contributed by atoms with Gasteiger partial charge in [0, 0.05) is 16.0 Å². The maximum atomic E-state index is 6.01. The van der Waals surface area contributed by atoms with E-state index in [2.05, 4.69) is 4.98 Å². The zero-order valence-corrected chi connectivity index (χ0v) is 12.6. The van der Waals surface area contributed by atoms with Gasteiger partial charge >= 0.3 is 0 Å². The molecule has 2 N–H and O–H groups in total. The van der Waals surface area contributed by atoms with Gasteiger partial charge in [-0.15, -0.1) is 0 Å². The minimum absolute atomic E-state index is 0.547. The number of nitrogens with two attached hydrogens (primary N) is 1. The maximum Gasteiger partial charge on any atom is 0.101 e. The summed E-state index contributed by atoms with van der Waals surface area (Å²) in [6.45, 7) is 0. The predicted molar refractivity (Wildman–Crippen MR) is 86.7 cm³/mol. The first-order valence-electron chi connectivity index (χ1n) is 5.91. The topological polar surface area (TPSA) is 38.9 Å². The molecule has 0 aliphatic carbocycles. The molecule has 0 unspecified atom stereocenters. The molecule has 2 aromatic carbocycles. The Hall–Kier alpha value is -1.42. The molecule has 0 aliphatic rings. The van der Waals surface area contributed by atoms with Crippen LogP contribution in [0.1, 0.15) is 0 Å². The van der Waals surface area contributed by atoms with E-state index in [9.17, 15) is 0 Å². The Labute approximate surface area is 130 Å². The minimum Gasteiger partial charge on any atom is -0.399 e. The largest absolute Gasteiger partial charge is 0.399 e. The molecule has 3 rings (SSSR count). The zero-order chi connectivity index (χ0) is 14.1. The van der Waals surface area contributed by atoms with Crippen molar-refractivity contribution >= 4 is 51.6 Å². The van der Waals surface area contributed by atoms with E-state index in [-0.39, 0.29) is 0 Å². The highest BCUT2D eigenvalue weighted by molar-refractivity contribution is 7.99. The van der Waals surface area contributed by atoms with E-state index in [0.29, 0.717) is 10.0 Å². The number of halogens is 2. The zero-order valence-electron chi connectivity index (χ0n) is 10.3. The molecule has 0 atom stereocenters. The second kappa shape index (κ2) is 5.52. The molecule has 1 aromatic heterocycles. The Morgan fingerprint density at radius 1 is 0.900 bits per heavy atom. The first-order valence-corrected chi connectivity index (χ1v) is 7.48. The molecule has 0 spiro atoms. The predicted octanol–water partition coefficient (Wildman–Crippen LogP) is 5.28. The highest BCUT2D eigenvalue weighted by Crippen LogP contribution is 2.32. The summed E-state index contributed by atoms with van der Waals surface area (Å²) in [6.07, 6.45) is 0. The highest BCUT2D eigenvalue weighted by atomic mass is 35.5. The number of pyridine rings is 1. The van der Waals surface area contributed by atoms with Crippen LogP contribution in [0.5, 0.6) is 0 Å². The fourth-order valence-corrected chi connectivity index (χ4v) is 3.04. The smallest absolute Gasteiger partial charge is 0.101 e. The van der Waals surface area contributed by atoms with Gasteiger partial charge in [-0.25, -0.2) is 4.98 Å². The molecule has 0 fully saturated rings. The van der Waals surface area contributed by atoms with Gasteiger partial charge in [0.25, 0.3) is 0 Å². The van der Waals surface area contributed by atoms with Gasteiger partial charge in [0.2, 0.25) is 0 Å². The summed E-state index contributed by atoms with van der Waals surface area (Å²) in [5.41, 5.74) is 7.42. The van der Waals surface area contributed by atoms with Gasteiger partial charge in [0.15, 0.2) is 0 Å². The average Bonchev–Trinajstić information content (AvgIpc) is 2.43. The standard InChI is InChI=1S/C15H10Cl2N2S/c16-12-4-3-11(8-13(12)17)20-15-6-1-9-7-10(18)2-5-14(9)19-15/h1-8H,18H2. The SMILES string of the molecule is Nc1ccc2nc(Sc3ccc(Cl)c(Cl)c3)ccc2c1. The lowest BCUT2D eigenvalue weighted by Gasteiger charge is -2.05. The van der Waals surface area contributed by atoms with Crippen molar-refractivity contribution in [2.75, 3.05) is 5.73 Å². The number of hydrogen-bond acceptors (Lipinski definition) is 3. The second-order valence-corrected chi connectivity index (χ2v) is 6.19. The lowest BCUT2D eigenvalue weighted by atomic mass is 10.2. The van der Waals surface area contributed by atoms with Crippen LogP contribution >= 0.6 is 35.0 Å². The molecule has 0 aliphatic heterocycles. The second-order valence-electron chi connectivity index (χ2n) is 4.28. The fraction of sp³-hybridized carbons (Fsp3) is 0. The van der Waals surface area contributed by atoms with E-state index >= 15 is 0 Å². The number of rotatable bonds is 2. The third-order valence-electron chi connectivity index (χ3n) is 2.80. The summed E-state index contributed by atoms with van der Waals surface area (Å²) >= 11 is 13.5. The summed E-state index contributed by atoms with van der Waals surface area (Å²) in [4.78, 5) is 5.60. The number of nitrogen functional groups attached to an aromatic ring is 1. The number of aromatic nitrogens is 1. The normalized spacial score (nSPS) is 10.9. The van der Waals surface area contributed by atoms with E-state index in [1.807, 2.05) is 42.5 Å². The summed E-state index contributed by atoms with van der Waals surface area (Å²) in [6, 6.07) is 15.2. The van der Waals surface area contributed by atoms with Crippen molar-refractivity contribution in [3.05, 3.63) is 58.6 Å². The molecule has 1 heterocycles. The van der Waals surface area contributed by atoms with E-state index in [4.69, 9.17) is 28.9 Å². The Kier molecular flexibility index (Phi) is 3.74. The van der Waals surface area contributed by atoms with Crippen LogP contribution < -0.4 is 5.73 Å². The number of hydrogen-bond donors (Lipinski definition) is 1. The molecule has 0 amide bonds. The van der Waals surface area contributed by atoms with Crippen LogP contribution in [0.2, 0.25) is 10.0 Å². The highest BCUT2D eigenvalue weighted by Gasteiger charge is 2.04. The summed E-state index contributed by atoms with van der Waals surface area (Å²) in [5.74, 6) is 0. The quantitative estimate of drug-likeness (QED) is 0.653. The summed E-state index contributed by atoms with van der Waals surface area (Å²) in [5, 5.41) is 3.03. The van der Waals surface area contributed by atoms with E-state index in [1.165, 1.54) is 0 Å². The van der Waals surface area contributed by atoms with Crippen LogP contribution in [0, 0.1) is 0 Å². The third kappa shape index (κ3) is 2.85. The van der Waals surface area contributed by atoms with Crippen molar-refractivity contribution in [1.29, 1.82) is 0 Å². The van der Waals surface area contributed by atoms with E-state index < -0.39 is 0 Å². The van der Waals surface area contributed by atoms with E-state index in [0.717, 1.165) is 26.5 Å². The lowest BCUT2D eigenvalue weighted by Crippen LogP contribution is -1.87. The van der Waals surface area contributed by atoms with Gasteiger partial charge in [-0.05, 0) is 42.5 Å². The minimum atomic E-state index is 0.547. The molecule has 0 saturated carbocycles. The first-order chi connectivity index (χ1) is 9.61. The van der Waals surface area contributed by atoms with Crippen molar-refractivity contribution in [3.63, 3.8) is 0 Å². The maximum absolute atomic E-state index is 6.01. The molecule has 100 valence electrons. The lowest BCUT2D eigenvalue weighted by molar-refractivity contribution is 1.19. The Balaban J connectivity index is 1.94. The summed E-state index contributed by atoms with van der Waals surface area (Å²) < 4.78 is 0. The van der Waals surface area contributed by atoms with Crippen LogP contribution in [0.15, 0.2) is 58.5 Å². The van der Waals surface area contributed by atoms with Crippen molar-refractivity contribution in [2.45, 2.75) is 9.92 Å². The van der Waals surface area contributed by atoms with E-state index in [1.54, 1.807) is 17.8 Å². The van der Waals surface area contributed by atoms with Crippen LogP contribution in [-0.2, 0) is 0 Å². The molecular weight excluding hydrogens is 311 g/mol. The van der Waals surface area contributed by atoms with Gasteiger partial charge in [0.05, 0.1) is 15.6 Å². The number of nitrogens with zero attached hydrogens (tertiary/aromatic N) is 1. The van der Waals surface area contributed by atoms with Crippen LogP contribution in [0.3, 0.4) is 0 Å². The molecule has 3 aromatic rings. The monoisotopic (exact) mass is 320 g/mol. The number of fused-ring (bicyclic) bond motifs is 1. The molecule has 2 nitrogen and oxygen atoms in total. The Bertz CT molecular complexity index is 790. The fourth-order valence-electron chi connectivity index (χ4n) is 1.84. The van der Waals surface area contributed by atoms with Crippen LogP contribution in [-0.4, -0.2) is 4.98 Å². The van der Waals surface area contributed by atoms with Crippen LogP contribution in [0.4, 0.5) is 5.69 Å². The molecule has 5 heteroatoms. The van der Waals surface area contributed by atoms with Gasteiger partial charge in [-0.2, -0.15) is 0 Å². The average molecular weight is 321 g/mol. The van der Waals surface area contributed by atoms with Crippen molar-refractivity contribution in [2.24, 2.45) is 0 Å². The van der Waals surface area contributed by atoms with Gasteiger partial charge < -0.3 is 5.73 Å². The molecule has 20 heavy (non-hydrogen) atoms. The molecular formula is C15H10Cl2N2S. The van der Waals surface area contributed by atoms with Gasteiger partial charge in [0.1, 0.15) is 5.03 Å². The molecule has 0 radical (unpaired) electrons. The van der Waals surface area contributed by atoms with Crippen molar-refractivity contribution < 1.29 is 0 Å². The van der Waals surface area contributed by atoms with Crippen molar-refractivity contribution in [3.8, 4) is 0 Å². The first kappa shape index (κ1) is 13.6. The van der Waals surface area contributed by atoms with Crippen LogP contribution in [0.25, 0.3) is 10.9 Å². The summed E-state index contributed by atoms with van der Waals surface area (Å²) in [7, 11) is 0. The number of anilines is 1. The van der Waals surface area contributed by atoms with Gasteiger partial charge in [-0.1, -0.05) is 41.0 Å². The number of benzene rings is 2. The molecule has 0 saturated heterocycles. The Morgan fingerprint density at radius 3 is 2.55 bits per heavy atom. The van der Waals surface area contributed by atoms with Gasteiger partial charge in [-0.3, -0.25) is 0 Å². The Morgan fingerprint density at radius 2 is 1.75 bits per heavy atom. The third-order valence-corrected chi connectivity index (χ3v) is 4.47. The van der Waals surface area contributed by atoms with Crippen molar-refractivity contribution in [1.82, 2.24) is 4.98 Å².